The summed E-state index contributed by atoms with van der Waals surface area (Å²) in [7, 11) is 3.86. The molecule has 1 aromatic heterocycles. The minimum atomic E-state index is 0.522. The predicted octanol–water partition coefficient (Wildman–Crippen LogP) is 3.24. The number of anilines is 1. The van der Waals surface area contributed by atoms with Crippen LogP contribution in [-0.2, 0) is 11.3 Å². The molecule has 1 atom stereocenters. The van der Waals surface area contributed by atoms with Crippen LogP contribution in [0.25, 0.3) is 0 Å². The number of methoxy groups -OCH3 is 1. The normalized spacial score (nSPS) is 12.7. The van der Waals surface area contributed by atoms with Crippen molar-refractivity contribution in [3.05, 3.63) is 10.6 Å². The van der Waals surface area contributed by atoms with Gasteiger partial charge in [0.15, 0.2) is 5.13 Å². The van der Waals surface area contributed by atoms with Crippen molar-refractivity contribution in [1.29, 1.82) is 0 Å². The van der Waals surface area contributed by atoms with Crippen LogP contribution >= 0.6 is 11.3 Å². The second-order valence-electron chi connectivity index (χ2n) is 5.21. The third kappa shape index (κ3) is 5.04. The fraction of sp³-hybridized carbons (Fsp3) is 0.800. The predicted molar refractivity (Wildman–Crippen MR) is 88.0 cm³/mol. The zero-order valence-electron chi connectivity index (χ0n) is 13.5. The van der Waals surface area contributed by atoms with Crippen molar-refractivity contribution in [1.82, 2.24) is 10.3 Å². The lowest BCUT2D eigenvalue weighted by molar-refractivity contribution is 0.199. The van der Waals surface area contributed by atoms with E-state index in [4.69, 9.17) is 9.72 Å². The molecule has 1 rings (SSSR count). The summed E-state index contributed by atoms with van der Waals surface area (Å²) in [6.45, 7) is 10.3. The fourth-order valence-electron chi connectivity index (χ4n) is 2.03. The summed E-state index contributed by atoms with van der Waals surface area (Å²) in [4.78, 5) is 8.50. The Hall–Kier alpha value is -0.650. The standard InChI is InChI=1S/C15H29N3OS/c1-6-9-18(4)15-17-14(12(3)7-2)13(20-15)11-16-8-10-19-5/h12,16H,6-11H2,1-5H3. The largest absolute Gasteiger partial charge is 0.383 e. The zero-order chi connectivity index (χ0) is 15.0. The Bertz CT molecular complexity index is 381. The number of hydrogen-bond acceptors (Lipinski definition) is 5. The molecule has 0 bridgehead atoms. The minimum Gasteiger partial charge on any atom is -0.383 e. The summed E-state index contributed by atoms with van der Waals surface area (Å²) in [6, 6.07) is 0. The van der Waals surface area contributed by atoms with Crippen LogP contribution in [0.1, 0.15) is 50.1 Å². The topological polar surface area (TPSA) is 37.4 Å². The van der Waals surface area contributed by atoms with Gasteiger partial charge in [0.05, 0.1) is 12.3 Å². The van der Waals surface area contributed by atoms with Gasteiger partial charge in [0.25, 0.3) is 0 Å². The highest BCUT2D eigenvalue weighted by Gasteiger charge is 2.17. The molecule has 0 aliphatic carbocycles. The summed E-state index contributed by atoms with van der Waals surface area (Å²) in [6.07, 6.45) is 2.28. The van der Waals surface area contributed by atoms with E-state index in [1.807, 2.05) is 11.3 Å². The van der Waals surface area contributed by atoms with Crippen LogP contribution in [-0.4, -0.2) is 38.8 Å². The molecule has 0 spiro atoms. The smallest absolute Gasteiger partial charge is 0.185 e. The molecule has 0 fully saturated rings. The van der Waals surface area contributed by atoms with Gasteiger partial charge in [0, 0.05) is 38.7 Å². The molecule has 1 N–H and O–H groups in total. The van der Waals surface area contributed by atoms with E-state index in [9.17, 15) is 0 Å². The molecule has 0 saturated carbocycles. The van der Waals surface area contributed by atoms with Gasteiger partial charge in [-0.2, -0.15) is 0 Å². The molecule has 5 heteroatoms. The number of thiazole rings is 1. The molecule has 1 heterocycles. The lowest BCUT2D eigenvalue weighted by atomic mass is 10.0. The van der Waals surface area contributed by atoms with Crippen molar-refractivity contribution in [2.24, 2.45) is 0 Å². The van der Waals surface area contributed by atoms with Crippen molar-refractivity contribution in [3.8, 4) is 0 Å². The first-order valence-corrected chi connectivity index (χ1v) is 8.36. The van der Waals surface area contributed by atoms with Crippen LogP contribution in [0.15, 0.2) is 0 Å². The van der Waals surface area contributed by atoms with Gasteiger partial charge in [-0.1, -0.05) is 20.8 Å². The first-order valence-electron chi connectivity index (χ1n) is 7.54. The Kier molecular flexibility index (Phi) is 8.11. The maximum Gasteiger partial charge on any atom is 0.185 e. The van der Waals surface area contributed by atoms with E-state index >= 15 is 0 Å². The molecule has 1 aromatic rings. The van der Waals surface area contributed by atoms with Gasteiger partial charge < -0.3 is 15.0 Å². The van der Waals surface area contributed by atoms with Gasteiger partial charge in [-0.15, -0.1) is 11.3 Å². The third-order valence-electron chi connectivity index (χ3n) is 3.45. The first kappa shape index (κ1) is 17.4. The molecule has 0 amide bonds. The van der Waals surface area contributed by atoms with Crippen molar-refractivity contribution in [2.75, 3.05) is 38.8 Å². The van der Waals surface area contributed by atoms with Crippen molar-refractivity contribution in [3.63, 3.8) is 0 Å². The van der Waals surface area contributed by atoms with Crippen molar-refractivity contribution >= 4 is 16.5 Å². The van der Waals surface area contributed by atoms with Crippen molar-refractivity contribution < 1.29 is 4.74 Å². The Labute approximate surface area is 127 Å². The highest BCUT2D eigenvalue weighted by molar-refractivity contribution is 7.15. The van der Waals surface area contributed by atoms with Crippen LogP contribution in [0, 0.1) is 0 Å². The Balaban J connectivity index is 2.77. The molecule has 116 valence electrons. The second kappa shape index (κ2) is 9.32. The van der Waals surface area contributed by atoms with E-state index in [0.29, 0.717) is 5.92 Å². The number of ether oxygens (including phenoxy) is 1. The fourth-order valence-corrected chi connectivity index (χ4v) is 3.16. The number of hydrogen-bond donors (Lipinski definition) is 1. The summed E-state index contributed by atoms with van der Waals surface area (Å²) in [5, 5.41) is 4.58. The Morgan fingerprint density at radius 1 is 1.40 bits per heavy atom. The average molecular weight is 299 g/mol. The molecule has 20 heavy (non-hydrogen) atoms. The maximum absolute atomic E-state index is 5.07. The van der Waals surface area contributed by atoms with E-state index in [2.05, 4.69) is 38.0 Å². The van der Waals surface area contributed by atoms with Gasteiger partial charge in [-0.3, -0.25) is 0 Å². The third-order valence-corrected chi connectivity index (χ3v) is 4.63. The summed E-state index contributed by atoms with van der Waals surface area (Å²) >= 11 is 1.82. The molecule has 1 unspecified atom stereocenters. The number of rotatable bonds is 10. The van der Waals surface area contributed by atoms with Crippen LogP contribution < -0.4 is 10.2 Å². The van der Waals surface area contributed by atoms with E-state index < -0.39 is 0 Å². The van der Waals surface area contributed by atoms with Gasteiger partial charge >= 0.3 is 0 Å². The Morgan fingerprint density at radius 3 is 2.75 bits per heavy atom. The average Bonchev–Trinajstić information content (AvgIpc) is 2.87. The molecule has 0 saturated heterocycles. The van der Waals surface area contributed by atoms with Crippen molar-refractivity contribution in [2.45, 2.75) is 46.1 Å². The second-order valence-corrected chi connectivity index (χ2v) is 6.27. The quantitative estimate of drug-likeness (QED) is 0.673. The maximum atomic E-state index is 5.07. The molecule has 0 aliphatic heterocycles. The molecule has 0 aliphatic rings. The summed E-state index contributed by atoms with van der Waals surface area (Å²) in [5.74, 6) is 0.522. The molecule has 0 radical (unpaired) electrons. The van der Waals surface area contributed by atoms with Crippen LogP contribution in [0.3, 0.4) is 0 Å². The molecule has 0 aromatic carbocycles. The minimum absolute atomic E-state index is 0.522. The van der Waals surface area contributed by atoms with Crippen LogP contribution in [0.4, 0.5) is 5.13 Å². The highest BCUT2D eigenvalue weighted by Crippen LogP contribution is 2.31. The van der Waals surface area contributed by atoms with Gasteiger partial charge in [-0.05, 0) is 18.8 Å². The molecular weight excluding hydrogens is 270 g/mol. The van der Waals surface area contributed by atoms with Gasteiger partial charge in [0.2, 0.25) is 0 Å². The molecule has 4 nitrogen and oxygen atoms in total. The summed E-state index contributed by atoms with van der Waals surface area (Å²) < 4.78 is 5.07. The highest BCUT2D eigenvalue weighted by atomic mass is 32.1. The SMILES string of the molecule is CCCN(C)c1nc(C(C)CC)c(CNCCOC)s1. The van der Waals surface area contributed by atoms with E-state index in [1.54, 1.807) is 7.11 Å². The first-order chi connectivity index (χ1) is 9.63. The van der Waals surface area contributed by atoms with E-state index in [1.165, 1.54) is 10.6 Å². The Morgan fingerprint density at radius 2 is 2.15 bits per heavy atom. The lowest BCUT2D eigenvalue weighted by Crippen LogP contribution is -2.18. The van der Waals surface area contributed by atoms with Gasteiger partial charge in [-0.25, -0.2) is 4.98 Å². The van der Waals surface area contributed by atoms with E-state index in [0.717, 1.165) is 44.2 Å². The lowest BCUT2D eigenvalue weighted by Gasteiger charge is -2.13. The number of nitrogens with one attached hydrogen (secondary N) is 1. The zero-order valence-corrected chi connectivity index (χ0v) is 14.3. The summed E-state index contributed by atoms with van der Waals surface area (Å²) in [5.41, 5.74) is 1.26. The van der Waals surface area contributed by atoms with Crippen LogP contribution in [0.5, 0.6) is 0 Å². The van der Waals surface area contributed by atoms with Crippen LogP contribution in [0.2, 0.25) is 0 Å². The monoisotopic (exact) mass is 299 g/mol. The number of nitrogens with zero attached hydrogens (tertiary/aromatic N) is 2. The van der Waals surface area contributed by atoms with E-state index in [-0.39, 0.29) is 0 Å². The number of aromatic nitrogens is 1. The molecular formula is C15H29N3OS. The van der Waals surface area contributed by atoms with Gasteiger partial charge in [0.1, 0.15) is 0 Å².